The Morgan fingerprint density at radius 2 is 2.05 bits per heavy atom. The average Bonchev–Trinajstić information content (AvgIpc) is 2.90. The number of nitrogens with zero attached hydrogens (tertiary/aromatic N) is 3. The largest absolute Gasteiger partial charge is 0.336 e. The maximum atomic E-state index is 12.5. The van der Waals surface area contributed by atoms with Crippen molar-refractivity contribution in [1.82, 2.24) is 9.88 Å². The third kappa shape index (κ3) is 4.15. The minimum Gasteiger partial charge on any atom is -0.336 e. The summed E-state index contributed by atoms with van der Waals surface area (Å²) in [4.78, 5) is 18.7. The van der Waals surface area contributed by atoms with Gasteiger partial charge in [-0.2, -0.15) is 5.26 Å². The lowest BCUT2D eigenvalue weighted by Gasteiger charge is -2.26. The van der Waals surface area contributed by atoms with Crippen molar-refractivity contribution in [3.8, 4) is 6.07 Å². The van der Waals surface area contributed by atoms with Gasteiger partial charge in [0.15, 0.2) is 0 Å². The molecule has 0 bridgehead atoms. The van der Waals surface area contributed by atoms with Gasteiger partial charge in [-0.15, -0.1) is 11.3 Å². The van der Waals surface area contributed by atoms with E-state index in [9.17, 15) is 4.79 Å². The van der Waals surface area contributed by atoms with Crippen LogP contribution in [0.5, 0.6) is 0 Å². The number of carbonyl (C=O) groups excluding carboxylic acids is 1. The Hall–Kier alpha value is -2.19. The second-order valence-electron chi connectivity index (χ2n) is 5.46. The van der Waals surface area contributed by atoms with E-state index in [1.54, 1.807) is 23.5 Å². The van der Waals surface area contributed by atoms with E-state index in [2.05, 4.69) is 11.1 Å². The van der Waals surface area contributed by atoms with Gasteiger partial charge in [-0.05, 0) is 38.5 Å². The smallest absolute Gasteiger partial charge is 0.229 e. The number of aryl methyl sites for hydroxylation is 1. The molecule has 0 saturated carbocycles. The van der Waals surface area contributed by atoms with E-state index < -0.39 is 0 Å². The van der Waals surface area contributed by atoms with Crippen molar-refractivity contribution in [1.29, 1.82) is 5.26 Å². The average molecular weight is 313 g/mol. The Morgan fingerprint density at radius 3 is 2.55 bits per heavy atom. The van der Waals surface area contributed by atoms with E-state index in [1.165, 1.54) is 0 Å². The highest BCUT2D eigenvalue weighted by Gasteiger charge is 2.18. The highest BCUT2D eigenvalue weighted by molar-refractivity contribution is 7.09. The number of aromatic nitrogens is 1. The zero-order valence-electron chi connectivity index (χ0n) is 13.0. The summed E-state index contributed by atoms with van der Waals surface area (Å²) < 4.78 is 0. The normalized spacial score (nSPS) is 10.5. The van der Waals surface area contributed by atoms with Crippen LogP contribution in [0.2, 0.25) is 0 Å². The summed E-state index contributed by atoms with van der Waals surface area (Å²) in [5.41, 5.74) is 2.48. The van der Waals surface area contributed by atoms with Crippen LogP contribution in [0.4, 0.5) is 0 Å². The predicted molar refractivity (Wildman–Crippen MR) is 87.4 cm³/mol. The van der Waals surface area contributed by atoms with Gasteiger partial charge >= 0.3 is 0 Å². The molecule has 0 N–H and O–H groups in total. The number of hydrogen-bond donors (Lipinski definition) is 0. The zero-order chi connectivity index (χ0) is 16.1. The lowest BCUT2D eigenvalue weighted by atomic mass is 10.1. The van der Waals surface area contributed by atoms with Crippen molar-refractivity contribution in [2.45, 2.75) is 39.8 Å². The monoisotopic (exact) mass is 313 g/mol. The van der Waals surface area contributed by atoms with E-state index in [-0.39, 0.29) is 11.9 Å². The Labute approximate surface area is 135 Å². The van der Waals surface area contributed by atoms with Crippen LogP contribution in [0, 0.1) is 18.3 Å². The van der Waals surface area contributed by atoms with Gasteiger partial charge in [-0.3, -0.25) is 4.79 Å². The first-order chi connectivity index (χ1) is 10.5. The Morgan fingerprint density at radius 1 is 1.36 bits per heavy atom. The number of carbonyl (C=O) groups is 1. The van der Waals surface area contributed by atoms with E-state index >= 15 is 0 Å². The fourth-order valence-corrected chi connectivity index (χ4v) is 2.80. The van der Waals surface area contributed by atoms with E-state index in [0.717, 1.165) is 16.3 Å². The molecule has 0 aliphatic carbocycles. The molecule has 1 aromatic carbocycles. The van der Waals surface area contributed by atoms with Crippen LogP contribution < -0.4 is 0 Å². The maximum Gasteiger partial charge on any atom is 0.229 e. The quantitative estimate of drug-likeness (QED) is 0.851. The third-order valence-corrected chi connectivity index (χ3v) is 4.20. The van der Waals surface area contributed by atoms with E-state index in [4.69, 9.17) is 5.26 Å². The molecule has 2 rings (SSSR count). The molecule has 22 heavy (non-hydrogen) atoms. The second kappa shape index (κ2) is 7.19. The summed E-state index contributed by atoms with van der Waals surface area (Å²) >= 11 is 1.56. The molecule has 2 aromatic rings. The van der Waals surface area contributed by atoms with Crippen molar-refractivity contribution in [3.63, 3.8) is 0 Å². The molecule has 0 spiro atoms. The van der Waals surface area contributed by atoms with Crippen molar-refractivity contribution < 1.29 is 4.79 Å². The summed E-state index contributed by atoms with van der Waals surface area (Å²) in [6.45, 7) is 6.50. The van der Waals surface area contributed by atoms with Crippen LogP contribution in [0.15, 0.2) is 29.6 Å². The summed E-state index contributed by atoms with van der Waals surface area (Å²) in [5, 5.41) is 11.7. The van der Waals surface area contributed by atoms with Crippen molar-refractivity contribution in [2.75, 3.05) is 0 Å². The van der Waals surface area contributed by atoms with Crippen LogP contribution in [0.25, 0.3) is 0 Å². The van der Waals surface area contributed by atoms with Crippen LogP contribution in [-0.4, -0.2) is 21.8 Å². The predicted octanol–water partition coefficient (Wildman–Crippen LogP) is 3.30. The van der Waals surface area contributed by atoms with E-state index in [1.807, 2.05) is 43.2 Å². The van der Waals surface area contributed by atoms with Crippen LogP contribution in [0.1, 0.15) is 35.7 Å². The summed E-state index contributed by atoms with van der Waals surface area (Å²) in [6, 6.07) is 9.57. The van der Waals surface area contributed by atoms with Gasteiger partial charge < -0.3 is 4.90 Å². The van der Waals surface area contributed by atoms with Crippen LogP contribution in [0.3, 0.4) is 0 Å². The Bertz CT molecular complexity index is 683. The fraction of sp³-hybridized carbons (Fsp3) is 0.353. The van der Waals surface area contributed by atoms with Gasteiger partial charge in [0, 0.05) is 18.0 Å². The Balaban J connectivity index is 2.08. The minimum atomic E-state index is 0.0738. The number of thiazole rings is 1. The van der Waals surface area contributed by atoms with Crippen molar-refractivity contribution in [3.05, 3.63) is 51.5 Å². The lowest BCUT2D eigenvalue weighted by Crippen LogP contribution is -2.37. The number of amides is 1. The molecule has 0 saturated heterocycles. The van der Waals surface area contributed by atoms with Crippen molar-refractivity contribution >= 4 is 17.2 Å². The number of nitriles is 1. The van der Waals surface area contributed by atoms with Crippen molar-refractivity contribution in [2.24, 2.45) is 0 Å². The fourth-order valence-electron chi connectivity index (χ4n) is 2.19. The molecule has 0 unspecified atom stereocenters. The van der Waals surface area contributed by atoms with Gasteiger partial charge in [-0.25, -0.2) is 4.98 Å². The summed E-state index contributed by atoms with van der Waals surface area (Å²) in [6.07, 6.45) is 0.332. The third-order valence-electron chi connectivity index (χ3n) is 3.38. The van der Waals surface area contributed by atoms with Crippen LogP contribution >= 0.6 is 11.3 Å². The molecule has 114 valence electrons. The first-order valence-electron chi connectivity index (χ1n) is 7.19. The molecule has 0 radical (unpaired) electrons. The summed E-state index contributed by atoms with van der Waals surface area (Å²) in [7, 11) is 0. The second-order valence-corrected chi connectivity index (χ2v) is 6.52. The standard InChI is InChI=1S/C17H19N3OS/c1-12(2)20(10-15-6-4-14(9-18)5-7-15)17(21)8-16-11-22-13(3)19-16/h4-7,11-12H,8,10H2,1-3H3. The first kappa shape index (κ1) is 16.2. The van der Waals surface area contributed by atoms with Gasteiger partial charge in [0.1, 0.15) is 0 Å². The van der Waals surface area contributed by atoms with Gasteiger partial charge in [0.05, 0.1) is 28.8 Å². The minimum absolute atomic E-state index is 0.0738. The van der Waals surface area contributed by atoms with E-state index in [0.29, 0.717) is 18.5 Å². The molecular formula is C17H19N3OS. The number of rotatable bonds is 5. The van der Waals surface area contributed by atoms with Crippen LogP contribution in [-0.2, 0) is 17.8 Å². The SMILES string of the molecule is Cc1nc(CC(=O)N(Cc2ccc(C#N)cc2)C(C)C)cs1. The molecule has 1 heterocycles. The molecular weight excluding hydrogens is 294 g/mol. The maximum absolute atomic E-state index is 12.5. The molecule has 0 aliphatic heterocycles. The first-order valence-corrected chi connectivity index (χ1v) is 8.07. The van der Waals surface area contributed by atoms with Gasteiger partial charge in [0.25, 0.3) is 0 Å². The zero-order valence-corrected chi connectivity index (χ0v) is 13.9. The molecule has 4 nitrogen and oxygen atoms in total. The lowest BCUT2D eigenvalue weighted by molar-refractivity contribution is -0.132. The van der Waals surface area contributed by atoms with Gasteiger partial charge in [-0.1, -0.05) is 12.1 Å². The number of hydrogen-bond acceptors (Lipinski definition) is 4. The molecule has 5 heteroatoms. The number of benzene rings is 1. The molecule has 0 aliphatic rings. The molecule has 0 fully saturated rings. The molecule has 1 amide bonds. The molecule has 0 atom stereocenters. The highest BCUT2D eigenvalue weighted by atomic mass is 32.1. The highest BCUT2D eigenvalue weighted by Crippen LogP contribution is 2.14. The Kier molecular flexibility index (Phi) is 5.29. The molecule has 1 aromatic heterocycles. The summed E-state index contributed by atoms with van der Waals surface area (Å²) in [5.74, 6) is 0.0738. The van der Waals surface area contributed by atoms with Gasteiger partial charge in [0.2, 0.25) is 5.91 Å². The topological polar surface area (TPSA) is 57.0 Å².